The van der Waals surface area contributed by atoms with Crippen molar-refractivity contribution in [1.29, 1.82) is 0 Å². The van der Waals surface area contributed by atoms with Gasteiger partial charge in [-0.2, -0.15) is 11.3 Å². The molecule has 1 aromatic heterocycles. The summed E-state index contributed by atoms with van der Waals surface area (Å²) in [6, 6.07) is 8.83. The molecule has 1 heterocycles. The van der Waals surface area contributed by atoms with Gasteiger partial charge in [0.05, 0.1) is 5.75 Å². The molecule has 0 aliphatic carbocycles. The van der Waals surface area contributed by atoms with Crippen molar-refractivity contribution < 1.29 is 13.2 Å². The Labute approximate surface area is 140 Å². The predicted octanol–water partition coefficient (Wildman–Crippen LogP) is 2.51. The SMILES string of the molecule is CC(C)NS(=O)(=O)Cc1ccccc1CNC(=O)c1ccsc1. The molecule has 0 aliphatic rings. The number of sulfonamides is 1. The van der Waals surface area contributed by atoms with Crippen LogP contribution >= 0.6 is 11.3 Å². The summed E-state index contributed by atoms with van der Waals surface area (Å²) in [6.07, 6.45) is 0. The van der Waals surface area contributed by atoms with Gasteiger partial charge in [0.25, 0.3) is 5.91 Å². The molecule has 0 bridgehead atoms. The Morgan fingerprint density at radius 2 is 1.87 bits per heavy atom. The van der Waals surface area contributed by atoms with Gasteiger partial charge in [-0.3, -0.25) is 4.79 Å². The quantitative estimate of drug-likeness (QED) is 0.804. The Morgan fingerprint density at radius 1 is 1.17 bits per heavy atom. The molecular formula is C16H20N2O3S2. The fraction of sp³-hybridized carbons (Fsp3) is 0.312. The van der Waals surface area contributed by atoms with Gasteiger partial charge >= 0.3 is 0 Å². The van der Waals surface area contributed by atoms with Crippen LogP contribution in [0.4, 0.5) is 0 Å². The van der Waals surface area contributed by atoms with Crippen LogP contribution in [-0.2, 0) is 22.3 Å². The molecule has 0 radical (unpaired) electrons. The highest BCUT2D eigenvalue weighted by Crippen LogP contribution is 2.13. The number of amides is 1. The second-order valence-corrected chi connectivity index (χ2v) is 8.03. The third kappa shape index (κ3) is 5.46. The van der Waals surface area contributed by atoms with Gasteiger partial charge in [0.15, 0.2) is 0 Å². The monoisotopic (exact) mass is 352 g/mol. The van der Waals surface area contributed by atoms with E-state index in [1.807, 2.05) is 17.5 Å². The molecule has 23 heavy (non-hydrogen) atoms. The van der Waals surface area contributed by atoms with E-state index in [1.165, 1.54) is 11.3 Å². The Bertz CT molecular complexity index is 753. The summed E-state index contributed by atoms with van der Waals surface area (Å²) in [6.45, 7) is 3.86. The molecule has 5 nitrogen and oxygen atoms in total. The largest absolute Gasteiger partial charge is 0.348 e. The second-order valence-electron chi connectivity index (χ2n) is 5.50. The Hall–Kier alpha value is -1.70. The van der Waals surface area contributed by atoms with Crippen LogP contribution in [0.25, 0.3) is 0 Å². The van der Waals surface area contributed by atoms with E-state index in [-0.39, 0.29) is 17.7 Å². The van der Waals surface area contributed by atoms with Crippen LogP contribution in [-0.4, -0.2) is 20.4 Å². The van der Waals surface area contributed by atoms with Gasteiger partial charge in [-0.25, -0.2) is 13.1 Å². The summed E-state index contributed by atoms with van der Waals surface area (Å²) in [4.78, 5) is 12.0. The molecule has 2 N–H and O–H groups in total. The predicted molar refractivity (Wildman–Crippen MR) is 92.8 cm³/mol. The lowest BCUT2D eigenvalue weighted by atomic mass is 10.1. The number of nitrogens with one attached hydrogen (secondary N) is 2. The van der Waals surface area contributed by atoms with Crippen LogP contribution in [0.3, 0.4) is 0 Å². The molecule has 0 saturated heterocycles. The molecule has 0 saturated carbocycles. The topological polar surface area (TPSA) is 75.3 Å². The van der Waals surface area contributed by atoms with E-state index in [0.29, 0.717) is 17.7 Å². The first-order chi connectivity index (χ1) is 10.9. The lowest BCUT2D eigenvalue weighted by Gasteiger charge is -2.13. The van der Waals surface area contributed by atoms with Gasteiger partial charge in [0.1, 0.15) is 0 Å². The fourth-order valence-corrected chi connectivity index (χ4v) is 4.28. The van der Waals surface area contributed by atoms with E-state index in [1.54, 1.807) is 37.4 Å². The first-order valence-corrected chi connectivity index (χ1v) is 9.84. The molecule has 7 heteroatoms. The van der Waals surface area contributed by atoms with E-state index in [9.17, 15) is 13.2 Å². The van der Waals surface area contributed by atoms with Crippen LogP contribution in [0.15, 0.2) is 41.1 Å². The molecule has 2 aromatic rings. The highest BCUT2D eigenvalue weighted by atomic mass is 32.2. The molecule has 1 aromatic carbocycles. The summed E-state index contributed by atoms with van der Waals surface area (Å²) < 4.78 is 26.7. The average Bonchev–Trinajstić information content (AvgIpc) is 2.98. The number of benzene rings is 1. The van der Waals surface area contributed by atoms with Crippen LogP contribution in [0.2, 0.25) is 0 Å². The summed E-state index contributed by atoms with van der Waals surface area (Å²) in [5.41, 5.74) is 2.10. The van der Waals surface area contributed by atoms with Gasteiger partial charge in [-0.1, -0.05) is 24.3 Å². The minimum Gasteiger partial charge on any atom is -0.348 e. The zero-order chi connectivity index (χ0) is 16.9. The molecule has 2 rings (SSSR count). The average molecular weight is 352 g/mol. The molecule has 1 amide bonds. The van der Waals surface area contributed by atoms with Crippen molar-refractivity contribution in [1.82, 2.24) is 10.0 Å². The summed E-state index contributed by atoms with van der Waals surface area (Å²) in [7, 11) is -3.40. The van der Waals surface area contributed by atoms with Crippen molar-refractivity contribution in [2.24, 2.45) is 0 Å². The molecule has 0 fully saturated rings. The number of hydrogen-bond acceptors (Lipinski definition) is 4. The highest BCUT2D eigenvalue weighted by molar-refractivity contribution is 7.88. The van der Waals surface area contributed by atoms with Crippen molar-refractivity contribution in [3.8, 4) is 0 Å². The van der Waals surface area contributed by atoms with Gasteiger partial charge in [0, 0.05) is 23.5 Å². The Balaban J connectivity index is 2.07. The molecule has 0 aliphatic heterocycles. The highest BCUT2D eigenvalue weighted by Gasteiger charge is 2.15. The molecule has 0 atom stereocenters. The van der Waals surface area contributed by atoms with E-state index >= 15 is 0 Å². The standard InChI is InChI=1S/C16H20N2O3S2/c1-12(2)18-23(20,21)11-15-6-4-3-5-13(15)9-17-16(19)14-7-8-22-10-14/h3-8,10,12,18H,9,11H2,1-2H3,(H,17,19). The summed E-state index contributed by atoms with van der Waals surface area (Å²) >= 11 is 1.46. The van der Waals surface area contributed by atoms with Crippen LogP contribution in [0.1, 0.15) is 35.3 Å². The first kappa shape index (κ1) is 17.7. The molecule has 124 valence electrons. The third-order valence-electron chi connectivity index (χ3n) is 3.10. The van der Waals surface area contributed by atoms with E-state index in [0.717, 1.165) is 5.56 Å². The van der Waals surface area contributed by atoms with E-state index in [4.69, 9.17) is 0 Å². The molecular weight excluding hydrogens is 332 g/mol. The summed E-state index contributed by atoms with van der Waals surface area (Å²) in [5, 5.41) is 6.44. The van der Waals surface area contributed by atoms with Crippen LogP contribution < -0.4 is 10.0 Å². The number of carbonyl (C=O) groups excluding carboxylic acids is 1. The van der Waals surface area contributed by atoms with Crippen molar-refractivity contribution in [2.75, 3.05) is 0 Å². The van der Waals surface area contributed by atoms with Gasteiger partial charge < -0.3 is 5.32 Å². The lowest BCUT2D eigenvalue weighted by molar-refractivity contribution is 0.0951. The maximum Gasteiger partial charge on any atom is 0.252 e. The number of hydrogen-bond donors (Lipinski definition) is 2. The van der Waals surface area contributed by atoms with Gasteiger partial charge in [-0.15, -0.1) is 0 Å². The van der Waals surface area contributed by atoms with Crippen molar-refractivity contribution in [3.05, 3.63) is 57.8 Å². The van der Waals surface area contributed by atoms with Crippen molar-refractivity contribution in [2.45, 2.75) is 32.2 Å². The Kier molecular flexibility index (Phi) is 5.92. The van der Waals surface area contributed by atoms with Crippen molar-refractivity contribution >= 4 is 27.3 Å². The number of thiophene rings is 1. The molecule has 0 unspecified atom stereocenters. The zero-order valence-corrected chi connectivity index (χ0v) is 14.7. The normalized spacial score (nSPS) is 11.6. The zero-order valence-electron chi connectivity index (χ0n) is 13.1. The fourth-order valence-electron chi connectivity index (χ4n) is 2.15. The van der Waals surface area contributed by atoms with Gasteiger partial charge in [-0.05, 0) is 36.4 Å². The van der Waals surface area contributed by atoms with Crippen LogP contribution in [0, 0.1) is 0 Å². The summed E-state index contributed by atoms with van der Waals surface area (Å²) in [5.74, 6) is -0.264. The minimum atomic E-state index is -3.40. The van der Waals surface area contributed by atoms with Gasteiger partial charge in [0.2, 0.25) is 10.0 Å². The smallest absolute Gasteiger partial charge is 0.252 e. The lowest BCUT2D eigenvalue weighted by Crippen LogP contribution is -2.31. The van der Waals surface area contributed by atoms with Crippen LogP contribution in [0.5, 0.6) is 0 Å². The Morgan fingerprint density at radius 3 is 2.48 bits per heavy atom. The third-order valence-corrected chi connectivity index (χ3v) is 5.31. The second kappa shape index (κ2) is 7.72. The number of rotatable bonds is 7. The molecule has 0 spiro atoms. The number of carbonyl (C=O) groups is 1. The maximum atomic E-state index is 12.1. The first-order valence-electron chi connectivity index (χ1n) is 7.24. The van der Waals surface area contributed by atoms with Crippen molar-refractivity contribution in [3.63, 3.8) is 0 Å². The minimum absolute atomic E-state index is 0.102. The van der Waals surface area contributed by atoms with E-state index in [2.05, 4.69) is 10.0 Å². The van der Waals surface area contributed by atoms with E-state index < -0.39 is 10.0 Å². The maximum absolute atomic E-state index is 12.1.